The van der Waals surface area contributed by atoms with Gasteiger partial charge in [0.2, 0.25) is 0 Å². The molecule has 2 rings (SSSR count). The van der Waals surface area contributed by atoms with E-state index in [1.165, 1.54) is 0 Å². The Kier molecular flexibility index (Phi) is 6.60. The van der Waals surface area contributed by atoms with E-state index in [1.807, 2.05) is 0 Å². The Morgan fingerprint density at radius 3 is 2.00 bits per heavy atom. The standard InChI is InChI=1S/C14H10F2N2O2.B/c15-14(18-20-16)13(11-7-3-1-4-8-11)17-19-12-9-5-2-6-10-12;/h1-10H;. The fourth-order valence-electron chi connectivity index (χ4n) is 1.46. The van der Waals surface area contributed by atoms with Gasteiger partial charge in [0.25, 0.3) is 5.97 Å². The molecular weight excluding hydrogens is 277 g/mol. The van der Waals surface area contributed by atoms with E-state index in [0.717, 1.165) is 0 Å². The summed E-state index contributed by atoms with van der Waals surface area (Å²) >= 11 is 0. The molecule has 0 bridgehead atoms. The largest absolute Gasteiger partial charge is 0.356 e. The van der Waals surface area contributed by atoms with Gasteiger partial charge >= 0.3 is 0 Å². The molecule has 0 aromatic heterocycles. The van der Waals surface area contributed by atoms with E-state index < -0.39 is 5.97 Å². The first-order valence-corrected chi connectivity index (χ1v) is 5.68. The average molecular weight is 287 g/mol. The van der Waals surface area contributed by atoms with Gasteiger partial charge in [0.05, 0.1) is 0 Å². The predicted molar refractivity (Wildman–Crippen MR) is 76.5 cm³/mol. The number of nitrogens with zero attached hydrogens (tertiary/aromatic N) is 2. The fraction of sp³-hybridized carbons (Fsp3) is 0. The van der Waals surface area contributed by atoms with Gasteiger partial charge in [-0.3, -0.25) is 0 Å². The number of hydrogen-bond donors (Lipinski definition) is 0. The Morgan fingerprint density at radius 1 is 0.857 bits per heavy atom. The lowest BCUT2D eigenvalue weighted by Gasteiger charge is -2.03. The predicted octanol–water partition coefficient (Wildman–Crippen LogP) is 3.27. The summed E-state index contributed by atoms with van der Waals surface area (Å²) < 4.78 is 25.3. The highest BCUT2D eigenvalue weighted by atomic mass is 19.3. The van der Waals surface area contributed by atoms with E-state index in [0.29, 0.717) is 11.3 Å². The van der Waals surface area contributed by atoms with E-state index >= 15 is 0 Å². The van der Waals surface area contributed by atoms with Crippen LogP contribution >= 0.6 is 0 Å². The van der Waals surface area contributed by atoms with E-state index in [4.69, 9.17) is 4.84 Å². The number of para-hydroxylation sites is 1. The molecule has 2 aromatic rings. The van der Waals surface area contributed by atoms with Crippen LogP contribution in [-0.2, 0) is 5.04 Å². The molecule has 0 atom stereocenters. The van der Waals surface area contributed by atoms with Crippen molar-refractivity contribution in [3.8, 4) is 5.75 Å². The van der Waals surface area contributed by atoms with Gasteiger partial charge in [-0.15, -0.1) is 0 Å². The summed E-state index contributed by atoms with van der Waals surface area (Å²) in [6.45, 7) is 0. The molecule has 7 heteroatoms. The molecule has 0 aliphatic heterocycles. The molecule has 0 spiro atoms. The summed E-state index contributed by atoms with van der Waals surface area (Å²) in [5.74, 6) is -0.815. The minimum Gasteiger partial charge on any atom is -0.356 e. The second-order valence-corrected chi connectivity index (χ2v) is 3.66. The molecule has 0 aliphatic rings. The first-order chi connectivity index (χ1) is 9.81. The zero-order chi connectivity index (χ0) is 14.2. The van der Waals surface area contributed by atoms with Crippen LogP contribution in [0.25, 0.3) is 0 Å². The molecule has 3 radical (unpaired) electrons. The van der Waals surface area contributed by atoms with Crippen LogP contribution in [0.15, 0.2) is 71.0 Å². The maximum Gasteiger partial charge on any atom is 0.283 e. The topological polar surface area (TPSA) is 43.2 Å². The van der Waals surface area contributed by atoms with Crippen molar-refractivity contribution < 1.29 is 18.8 Å². The molecule has 0 saturated heterocycles. The van der Waals surface area contributed by atoms with Gasteiger partial charge < -0.3 is 4.84 Å². The van der Waals surface area contributed by atoms with E-state index in [2.05, 4.69) is 15.4 Å². The van der Waals surface area contributed by atoms with Gasteiger partial charge in [-0.1, -0.05) is 53.7 Å². The molecule has 21 heavy (non-hydrogen) atoms. The zero-order valence-electron chi connectivity index (χ0n) is 10.8. The molecular formula is C14H10BF2N2O2. The summed E-state index contributed by atoms with van der Waals surface area (Å²) in [5, 5.41) is 9.17. The molecule has 0 amide bonds. The van der Waals surface area contributed by atoms with Crippen LogP contribution in [-0.4, -0.2) is 20.1 Å². The highest BCUT2D eigenvalue weighted by molar-refractivity contribution is 6.44. The lowest BCUT2D eigenvalue weighted by Crippen LogP contribution is -2.12. The molecule has 0 heterocycles. The van der Waals surface area contributed by atoms with Gasteiger partial charge in [0.1, 0.15) is 0 Å². The maximum absolute atomic E-state index is 13.6. The fourth-order valence-corrected chi connectivity index (χ4v) is 1.46. The summed E-state index contributed by atoms with van der Waals surface area (Å²) in [6.07, 6.45) is 0. The van der Waals surface area contributed by atoms with Crippen LogP contribution in [0, 0.1) is 0 Å². The smallest absolute Gasteiger partial charge is 0.283 e. The van der Waals surface area contributed by atoms with Crippen molar-refractivity contribution in [2.75, 3.05) is 0 Å². The van der Waals surface area contributed by atoms with Crippen molar-refractivity contribution in [1.29, 1.82) is 0 Å². The normalized spacial score (nSPS) is 11.5. The second-order valence-electron chi connectivity index (χ2n) is 3.66. The monoisotopic (exact) mass is 287 g/mol. The lowest BCUT2D eigenvalue weighted by molar-refractivity contribution is -0.131. The van der Waals surface area contributed by atoms with Crippen molar-refractivity contribution in [3.05, 3.63) is 66.2 Å². The van der Waals surface area contributed by atoms with Gasteiger partial charge in [0.15, 0.2) is 11.5 Å². The number of rotatable bonds is 5. The molecule has 0 fully saturated rings. The third-order valence-corrected chi connectivity index (χ3v) is 2.34. The summed E-state index contributed by atoms with van der Waals surface area (Å²) in [4.78, 5) is 5.08. The van der Waals surface area contributed by atoms with Crippen LogP contribution in [0.5, 0.6) is 5.75 Å². The SMILES string of the molecule is FON=C(F)C(=NOc1ccccc1)c1ccccc1.[B]. The van der Waals surface area contributed by atoms with Crippen molar-refractivity contribution in [2.24, 2.45) is 10.3 Å². The van der Waals surface area contributed by atoms with Gasteiger partial charge in [-0.05, 0) is 17.3 Å². The maximum atomic E-state index is 13.6. The number of oxime groups is 2. The van der Waals surface area contributed by atoms with Crippen LogP contribution in [0.3, 0.4) is 0 Å². The van der Waals surface area contributed by atoms with Crippen molar-refractivity contribution in [3.63, 3.8) is 0 Å². The second kappa shape index (κ2) is 8.47. The summed E-state index contributed by atoms with van der Waals surface area (Å²) in [6, 6.07) is 16.8. The molecule has 2 aromatic carbocycles. The minimum atomic E-state index is -1.23. The summed E-state index contributed by atoms with van der Waals surface area (Å²) in [7, 11) is 0. The van der Waals surface area contributed by atoms with Crippen molar-refractivity contribution >= 4 is 20.1 Å². The van der Waals surface area contributed by atoms with Gasteiger partial charge in [-0.2, -0.15) is 9.43 Å². The molecule has 0 N–H and O–H groups in total. The van der Waals surface area contributed by atoms with E-state index in [-0.39, 0.29) is 14.1 Å². The van der Waals surface area contributed by atoms with Crippen LogP contribution in [0.2, 0.25) is 0 Å². The first-order valence-electron chi connectivity index (χ1n) is 5.68. The number of halogens is 2. The lowest BCUT2D eigenvalue weighted by atomic mass is 10.1. The van der Waals surface area contributed by atoms with E-state index in [1.54, 1.807) is 60.7 Å². The van der Waals surface area contributed by atoms with Crippen LogP contribution in [0.4, 0.5) is 8.92 Å². The Morgan fingerprint density at radius 2 is 1.43 bits per heavy atom. The van der Waals surface area contributed by atoms with E-state index in [9.17, 15) is 8.92 Å². The molecule has 0 unspecified atom stereocenters. The quantitative estimate of drug-likeness (QED) is 0.481. The third kappa shape index (κ3) is 4.72. The van der Waals surface area contributed by atoms with Crippen LogP contribution < -0.4 is 4.84 Å². The molecule has 0 saturated carbocycles. The van der Waals surface area contributed by atoms with Crippen LogP contribution in [0.1, 0.15) is 5.56 Å². The van der Waals surface area contributed by atoms with Gasteiger partial charge in [-0.25, -0.2) is 0 Å². The molecule has 0 aliphatic carbocycles. The average Bonchev–Trinajstić information content (AvgIpc) is 2.50. The Bertz CT molecular complexity index is 607. The summed E-state index contributed by atoms with van der Waals surface area (Å²) in [5.41, 5.74) is 0.105. The highest BCUT2D eigenvalue weighted by Crippen LogP contribution is 2.11. The third-order valence-electron chi connectivity index (χ3n) is 2.34. The van der Waals surface area contributed by atoms with Crippen molar-refractivity contribution in [1.82, 2.24) is 0 Å². The van der Waals surface area contributed by atoms with Gasteiger partial charge in [0, 0.05) is 18.5 Å². The Labute approximate surface area is 122 Å². The minimum absolute atomic E-state index is 0. The number of hydrogen-bond acceptors (Lipinski definition) is 4. The molecule has 4 nitrogen and oxygen atoms in total. The first kappa shape index (κ1) is 16.4. The zero-order valence-corrected chi connectivity index (χ0v) is 10.8. The van der Waals surface area contributed by atoms with Crippen molar-refractivity contribution in [2.45, 2.75) is 0 Å². The number of benzene rings is 2. The highest BCUT2D eigenvalue weighted by Gasteiger charge is 2.14. The Hall–Kier alpha value is -2.70. The molecule has 105 valence electrons. The Balaban J connectivity index is 0.00000220.